The van der Waals surface area contributed by atoms with E-state index >= 15 is 0 Å². The Bertz CT molecular complexity index is 1130. The lowest BCUT2D eigenvalue weighted by Crippen LogP contribution is -1.99. The molecular formula is C24H23NO2S. The van der Waals surface area contributed by atoms with Gasteiger partial charge in [-0.2, -0.15) is 0 Å². The summed E-state index contributed by atoms with van der Waals surface area (Å²) in [4.78, 5) is 4.85. The quantitative estimate of drug-likeness (QED) is 0.325. The Morgan fingerprint density at radius 1 is 1.00 bits per heavy atom. The molecule has 0 saturated heterocycles. The number of thiazole rings is 1. The van der Waals surface area contributed by atoms with E-state index in [1.54, 1.807) is 18.4 Å². The van der Waals surface area contributed by atoms with E-state index in [0.717, 1.165) is 40.4 Å². The second kappa shape index (κ2) is 8.44. The Morgan fingerprint density at radius 3 is 2.75 bits per heavy atom. The summed E-state index contributed by atoms with van der Waals surface area (Å²) < 4.78 is 12.5. The number of methoxy groups -OCH3 is 1. The van der Waals surface area contributed by atoms with Gasteiger partial charge in [0.1, 0.15) is 5.01 Å². The molecule has 142 valence electrons. The van der Waals surface area contributed by atoms with Crippen molar-refractivity contribution in [3.63, 3.8) is 0 Å². The summed E-state index contributed by atoms with van der Waals surface area (Å²) in [7, 11) is 1.67. The molecule has 0 radical (unpaired) electrons. The molecule has 3 nitrogen and oxygen atoms in total. The van der Waals surface area contributed by atoms with Crippen LogP contribution in [-0.2, 0) is 0 Å². The molecule has 4 rings (SSSR count). The van der Waals surface area contributed by atoms with Crippen molar-refractivity contribution in [1.29, 1.82) is 0 Å². The molecular weight excluding hydrogens is 366 g/mol. The van der Waals surface area contributed by atoms with Crippen LogP contribution in [0.4, 0.5) is 0 Å². The second-order valence-corrected chi connectivity index (χ2v) is 7.69. The fourth-order valence-electron chi connectivity index (χ4n) is 3.15. The molecule has 0 saturated carbocycles. The minimum absolute atomic E-state index is 0.699. The van der Waals surface area contributed by atoms with Gasteiger partial charge in [0.15, 0.2) is 11.5 Å². The Labute approximate surface area is 169 Å². The molecule has 28 heavy (non-hydrogen) atoms. The van der Waals surface area contributed by atoms with Crippen LogP contribution in [0.1, 0.15) is 30.3 Å². The van der Waals surface area contributed by atoms with Crippen molar-refractivity contribution in [3.8, 4) is 11.5 Å². The molecule has 0 amide bonds. The summed E-state index contributed by atoms with van der Waals surface area (Å²) in [6, 6.07) is 18.7. The molecule has 0 atom stereocenters. The van der Waals surface area contributed by atoms with E-state index in [-0.39, 0.29) is 0 Å². The summed E-state index contributed by atoms with van der Waals surface area (Å²) in [5.41, 5.74) is 2.14. The maximum absolute atomic E-state index is 5.89. The van der Waals surface area contributed by atoms with Crippen LogP contribution >= 0.6 is 11.3 Å². The molecule has 1 heterocycles. The number of hydrogen-bond donors (Lipinski definition) is 0. The zero-order valence-electron chi connectivity index (χ0n) is 16.1. The van der Waals surface area contributed by atoms with Crippen molar-refractivity contribution in [1.82, 2.24) is 4.98 Å². The van der Waals surface area contributed by atoms with E-state index < -0.39 is 0 Å². The summed E-state index contributed by atoms with van der Waals surface area (Å²) in [6.07, 6.45) is 6.28. The minimum atomic E-state index is 0.699. The molecule has 0 aliphatic carbocycles. The van der Waals surface area contributed by atoms with Gasteiger partial charge in [-0.05, 0) is 41.6 Å². The van der Waals surface area contributed by atoms with Crippen molar-refractivity contribution >= 4 is 44.5 Å². The lowest BCUT2D eigenvalue weighted by molar-refractivity contribution is 0.288. The first-order chi connectivity index (χ1) is 13.8. The van der Waals surface area contributed by atoms with Crippen molar-refractivity contribution in [2.75, 3.05) is 13.7 Å². The molecule has 0 spiro atoms. The molecule has 1 aromatic heterocycles. The number of hydrogen-bond acceptors (Lipinski definition) is 4. The number of benzene rings is 3. The number of unbranched alkanes of at least 4 members (excludes halogenated alkanes) is 1. The Kier molecular flexibility index (Phi) is 5.58. The lowest BCUT2D eigenvalue weighted by atomic mass is 10.1. The van der Waals surface area contributed by atoms with Crippen LogP contribution in [0.25, 0.3) is 33.1 Å². The molecule has 0 aliphatic rings. The number of ether oxygens (including phenoxy) is 2. The van der Waals surface area contributed by atoms with Gasteiger partial charge in [-0.25, -0.2) is 4.98 Å². The van der Waals surface area contributed by atoms with Crippen LogP contribution in [0.3, 0.4) is 0 Å². The highest BCUT2D eigenvalue weighted by Crippen LogP contribution is 2.31. The van der Waals surface area contributed by atoms with Gasteiger partial charge < -0.3 is 9.47 Å². The van der Waals surface area contributed by atoms with Crippen LogP contribution in [-0.4, -0.2) is 18.7 Å². The highest BCUT2D eigenvalue weighted by Gasteiger charge is 2.07. The average Bonchev–Trinajstić information content (AvgIpc) is 3.16. The predicted molar refractivity (Wildman–Crippen MR) is 119 cm³/mol. The molecule has 0 aliphatic heterocycles. The normalized spacial score (nSPS) is 11.5. The number of rotatable bonds is 7. The fourth-order valence-corrected chi connectivity index (χ4v) is 4.04. The third-order valence-corrected chi connectivity index (χ3v) is 5.65. The SMILES string of the molecule is CCCCOc1cc(/C=C/c2nc3c(ccc4ccccc43)s2)ccc1OC. The van der Waals surface area contributed by atoms with Gasteiger partial charge in [-0.15, -0.1) is 11.3 Å². The van der Waals surface area contributed by atoms with Crippen LogP contribution in [0.15, 0.2) is 54.6 Å². The third kappa shape index (κ3) is 3.87. The first-order valence-corrected chi connectivity index (χ1v) is 10.4. The molecule has 3 aromatic carbocycles. The molecule has 0 unspecified atom stereocenters. The Hall–Kier alpha value is -2.85. The van der Waals surface area contributed by atoms with Gasteiger partial charge in [0, 0.05) is 5.39 Å². The van der Waals surface area contributed by atoms with Crippen molar-refractivity contribution in [2.24, 2.45) is 0 Å². The first-order valence-electron chi connectivity index (χ1n) is 9.55. The van der Waals surface area contributed by atoms with Crippen LogP contribution in [0.5, 0.6) is 11.5 Å². The standard InChI is InChI=1S/C24H23NO2S/c1-3-4-15-27-21-16-17(9-12-20(21)26-2)10-14-23-25-24-19-8-6-5-7-18(19)11-13-22(24)28-23/h5-14,16H,3-4,15H2,1-2H3/b14-10+. The largest absolute Gasteiger partial charge is 0.493 e. The maximum Gasteiger partial charge on any atom is 0.161 e. The third-order valence-electron chi connectivity index (χ3n) is 4.66. The van der Waals surface area contributed by atoms with Gasteiger partial charge in [-0.1, -0.05) is 55.8 Å². The Morgan fingerprint density at radius 2 is 1.89 bits per heavy atom. The maximum atomic E-state index is 5.89. The van der Waals surface area contributed by atoms with E-state index in [0.29, 0.717) is 6.61 Å². The lowest BCUT2D eigenvalue weighted by Gasteiger charge is -2.11. The topological polar surface area (TPSA) is 31.4 Å². The summed E-state index contributed by atoms with van der Waals surface area (Å²) in [6.45, 7) is 2.85. The predicted octanol–water partition coefficient (Wildman–Crippen LogP) is 6.81. The summed E-state index contributed by atoms with van der Waals surface area (Å²) in [5, 5.41) is 3.42. The van der Waals surface area contributed by atoms with Gasteiger partial charge >= 0.3 is 0 Å². The van der Waals surface area contributed by atoms with E-state index in [2.05, 4.69) is 55.5 Å². The summed E-state index contributed by atoms with van der Waals surface area (Å²) >= 11 is 1.71. The number of fused-ring (bicyclic) bond motifs is 3. The second-order valence-electron chi connectivity index (χ2n) is 6.63. The Balaban J connectivity index is 1.61. The molecule has 0 fully saturated rings. The zero-order valence-corrected chi connectivity index (χ0v) is 17.0. The molecule has 4 heteroatoms. The molecule has 4 aromatic rings. The highest BCUT2D eigenvalue weighted by molar-refractivity contribution is 7.19. The average molecular weight is 390 g/mol. The van der Waals surface area contributed by atoms with Gasteiger partial charge in [0.05, 0.1) is 23.9 Å². The van der Waals surface area contributed by atoms with Gasteiger partial charge in [0.2, 0.25) is 0 Å². The van der Waals surface area contributed by atoms with Gasteiger partial charge in [-0.3, -0.25) is 0 Å². The van der Waals surface area contributed by atoms with Crippen molar-refractivity contribution in [3.05, 3.63) is 65.2 Å². The number of nitrogens with zero attached hydrogens (tertiary/aromatic N) is 1. The fraction of sp³-hybridized carbons (Fsp3) is 0.208. The van der Waals surface area contributed by atoms with E-state index in [4.69, 9.17) is 14.5 Å². The van der Waals surface area contributed by atoms with Crippen molar-refractivity contribution < 1.29 is 9.47 Å². The smallest absolute Gasteiger partial charge is 0.161 e. The van der Waals surface area contributed by atoms with Gasteiger partial charge in [0.25, 0.3) is 0 Å². The summed E-state index contributed by atoms with van der Waals surface area (Å²) in [5.74, 6) is 1.55. The van der Waals surface area contributed by atoms with E-state index in [1.165, 1.54) is 15.5 Å². The minimum Gasteiger partial charge on any atom is -0.493 e. The van der Waals surface area contributed by atoms with E-state index in [1.807, 2.05) is 18.2 Å². The van der Waals surface area contributed by atoms with Crippen LogP contribution in [0, 0.1) is 0 Å². The molecule has 0 bridgehead atoms. The van der Waals surface area contributed by atoms with Crippen LogP contribution < -0.4 is 9.47 Å². The monoisotopic (exact) mass is 389 g/mol. The molecule has 0 N–H and O–H groups in total. The van der Waals surface area contributed by atoms with Crippen LogP contribution in [0.2, 0.25) is 0 Å². The number of aromatic nitrogens is 1. The van der Waals surface area contributed by atoms with E-state index in [9.17, 15) is 0 Å². The highest BCUT2D eigenvalue weighted by atomic mass is 32.1. The zero-order chi connectivity index (χ0) is 19.3. The van der Waals surface area contributed by atoms with Crippen molar-refractivity contribution in [2.45, 2.75) is 19.8 Å². The first kappa shape index (κ1) is 18.5.